The summed E-state index contributed by atoms with van der Waals surface area (Å²) in [5.74, 6) is 0. The first kappa shape index (κ1) is 8.82. The third-order valence-electron chi connectivity index (χ3n) is 1.52. The standard InChI is InChI=1S/C8H3BrCl2S/c9-6-1-4(10)2-7-5(6)3-8(11)12-7/h1-3H. The van der Waals surface area contributed by atoms with Crippen LogP contribution in [0.1, 0.15) is 0 Å². The average molecular weight is 282 g/mol. The molecule has 1 aromatic carbocycles. The molecule has 0 aliphatic rings. The van der Waals surface area contributed by atoms with E-state index >= 15 is 0 Å². The number of rotatable bonds is 0. The topological polar surface area (TPSA) is 0 Å². The minimum atomic E-state index is 0.730. The second-order valence-corrected chi connectivity index (χ2v) is 5.36. The molecule has 0 N–H and O–H groups in total. The van der Waals surface area contributed by atoms with Crippen LogP contribution < -0.4 is 0 Å². The Labute approximate surface area is 92.2 Å². The van der Waals surface area contributed by atoms with Crippen molar-refractivity contribution in [1.29, 1.82) is 0 Å². The first-order valence-corrected chi connectivity index (χ1v) is 5.57. The first-order valence-electron chi connectivity index (χ1n) is 3.21. The van der Waals surface area contributed by atoms with E-state index in [4.69, 9.17) is 23.2 Å². The van der Waals surface area contributed by atoms with E-state index in [1.54, 1.807) is 0 Å². The fourth-order valence-electron chi connectivity index (χ4n) is 1.03. The van der Waals surface area contributed by atoms with Gasteiger partial charge in [0.15, 0.2) is 0 Å². The number of halogens is 3. The SMILES string of the molecule is Clc1cc(Br)c2cc(Cl)sc2c1. The predicted molar refractivity (Wildman–Crippen MR) is 59.5 cm³/mol. The number of hydrogen-bond donors (Lipinski definition) is 0. The molecule has 0 saturated heterocycles. The van der Waals surface area contributed by atoms with Gasteiger partial charge in [-0.3, -0.25) is 0 Å². The minimum Gasteiger partial charge on any atom is -0.123 e. The van der Waals surface area contributed by atoms with Crippen molar-refractivity contribution < 1.29 is 0 Å². The van der Waals surface area contributed by atoms with Crippen LogP contribution in [0.4, 0.5) is 0 Å². The molecule has 62 valence electrons. The van der Waals surface area contributed by atoms with Gasteiger partial charge in [-0.25, -0.2) is 0 Å². The fraction of sp³-hybridized carbons (Fsp3) is 0. The van der Waals surface area contributed by atoms with Crippen molar-refractivity contribution in [2.75, 3.05) is 0 Å². The van der Waals surface area contributed by atoms with Gasteiger partial charge in [0, 0.05) is 19.6 Å². The van der Waals surface area contributed by atoms with E-state index in [2.05, 4.69) is 15.9 Å². The van der Waals surface area contributed by atoms with E-state index in [9.17, 15) is 0 Å². The van der Waals surface area contributed by atoms with Gasteiger partial charge in [-0.2, -0.15) is 0 Å². The van der Waals surface area contributed by atoms with Crippen LogP contribution in [0.5, 0.6) is 0 Å². The van der Waals surface area contributed by atoms with Gasteiger partial charge in [0.1, 0.15) is 0 Å². The molecule has 0 amide bonds. The van der Waals surface area contributed by atoms with Crippen LogP contribution in [-0.4, -0.2) is 0 Å². The van der Waals surface area contributed by atoms with Crippen LogP contribution in [0.25, 0.3) is 10.1 Å². The van der Waals surface area contributed by atoms with Gasteiger partial charge in [-0.15, -0.1) is 11.3 Å². The molecule has 1 aromatic heterocycles. The largest absolute Gasteiger partial charge is 0.123 e. The highest BCUT2D eigenvalue weighted by Crippen LogP contribution is 2.36. The third-order valence-corrected chi connectivity index (χ3v) is 3.61. The van der Waals surface area contributed by atoms with Crippen LogP contribution >= 0.6 is 50.5 Å². The molecule has 0 aliphatic carbocycles. The van der Waals surface area contributed by atoms with Crippen molar-refractivity contribution in [3.8, 4) is 0 Å². The third kappa shape index (κ3) is 1.49. The minimum absolute atomic E-state index is 0.730. The van der Waals surface area contributed by atoms with Gasteiger partial charge < -0.3 is 0 Å². The van der Waals surface area contributed by atoms with E-state index in [-0.39, 0.29) is 0 Å². The Morgan fingerprint density at radius 1 is 1.17 bits per heavy atom. The first-order chi connectivity index (χ1) is 5.66. The molecule has 0 radical (unpaired) electrons. The molecular weight excluding hydrogens is 279 g/mol. The van der Waals surface area contributed by atoms with Crippen molar-refractivity contribution in [3.63, 3.8) is 0 Å². The molecule has 0 fully saturated rings. The number of benzene rings is 1. The molecule has 0 unspecified atom stereocenters. The number of fused-ring (bicyclic) bond motifs is 1. The molecule has 2 rings (SSSR count). The monoisotopic (exact) mass is 280 g/mol. The molecule has 0 atom stereocenters. The highest BCUT2D eigenvalue weighted by Gasteiger charge is 2.04. The molecular formula is C8H3BrCl2S. The lowest BCUT2D eigenvalue weighted by atomic mass is 10.3. The Kier molecular flexibility index (Phi) is 2.34. The molecule has 0 nitrogen and oxygen atoms in total. The van der Waals surface area contributed by atoms with Gasteiger partial charge in [0.05, 0.1) is 4.34 Å². The summed E-state index contributed by atoms with van der Waals surface area (Å²) in [6.45, 7) is 0. The summed E-state index contributed by atoms with van der Waals surface area (Å²) >= 11 is 16.7. The lowest BCUT2D eigenvalue weighted by Crippen LogP contribution is -1.67. The summed E-state index contributed by atoms with van der Waals surface area (Å²) in [4.78, 5) is 0. The Morgan fingerprint density at radius 2 is 1.92 bits per heavy atom. The van der Waals surface area contributed by atoms with Crippen molar-refractivity contribution >= 4 is 60.6 Å². The summed E-state index contributed by atoms with van der Waals surface area (Å²) < 4.78 is 2.89. The highest BCUT2D eigenvalue weighted by molar-refractivity contribution is 9.10. The summed E-state index contributed by atoms with van der Waals surface area (Å²) in [5.41, 5.74) is 0. The Morgan fingerprint density at radius 3 is 2.67 bits per heavy atom. The van der Waals surface area contributed by atoms with Crippen LogP contribution in [0, 0.1) is 0 Å². The normalized spacial score (nSPS) is 10.9. The predicted octanol–water partition coefficient (Wildman–Crippen LogP) is 4.97. The van der Waals surface area contributed by atoms with Gasteiger partial charge in [0.25, 0.3) is 0 Å². The van der Waals surface area contributed by atoms with Crippen LogP contribution in [-0.2, 0) is 0 Å². The molecule has 0 saturated carbocycles. The Hall–Kier alpha value is 0.240. The summed E-state index contributed by atoms with van der Waals surface area (Å²) in [6.07, 6.45) is 0. The number of thiophene rings is 1. The maximum atomic E-state index is 5.87. The smallest absolute Gasteiger partial charge is 0.0941 e. The molecule has 2 aromatic rings. The second-order valence-electron chi connectivity index (χ2n) is 2.35. The van der Waals surface area contributed by atoms with Gasteiger partial charge in [-0.05, 0) is 18.2 Å². The molecule has 4 heteroatoms. The van der Waals surface area contributed by atoms with E-state index in [0.29, 0.717) is 0 Å². The van der Waals surface area contributed by atoms with E-state index < -0.39 is 0 Å². The highest BCUT2D eigenvalue weighted by atomic mass is 79.9. The lowest BCUT2D eigenvalue weighted by Gasteiger charge is -1.93. The zero-order valence-corrected chi connectivity index (χ0v) is 9.69. The molecule has 0 bridgehead atoms. The van der Waals surface area contributed by atoms with E-state index in [1.807, 2.05) is 18.2 Å². The van der Waals surface area contributed by atoms with Crippen molar-refractivity contribution in [3.05, 3.63) is 32.0 Å². The van der Waals surface area contributed by atoms with Crippen molar-refractivity contribution in [2.45, 2.75) is 0 Å². The van der Waals surface area contributed by atoms with Crippen LogP contribution in [0.3, 0.4) is 0 Å². The van der Waals surface area contributed by atoms with Crippen molar-refractivity contribution in [1.82, 2.24) is 0 Å². The zero-order chi connectivity index (χ0) is 8.72. The second kappa shape index (κ2) is 3.18. The van der Waals surface area contributed by atoms with Gasteiger partial charge >= 0.3 is 0 Å². The number of hydrogen-bond acceptors (Lipinski definition) is 1. The molecule has 0 spiro atoms. The molecule has 1 heterocycles. The zero-order valence-electron chi connectivity index (χ0n) is 5.77. The summed E-state index contributed by atoms with van der Waals surface area (Å²) in [7, 11) is 0. The average Bonchev–Trinajstić information content (AvgIpc) is 2.29. The maximum Gasteiger partial charge on any atom is 0.0941 e. The Balaban J connectivity index is 2.88. The van der Waals surface area contributed by atoms with Gasteiger partial charge in [0.2, 0.25) is 0 Å². The summed E-state index contributed by atoms with van der Waals surface area (Å²) in [5, 5.41) is 1.85. The lowest BCUT2D eigenvalue weighted by molar-refractivity contribution is 1.78. The maximum absolute atomic E-state index is 5.87. The quantitative estimate of drug-likeness (QED) is 0.639. The Bertz CT molecular complexity index is 436. The summed E-state index contributed by atoms with van der Waals surface area (Å²) in [6, 6.07) is 5.72. The van der Waals surface area contributed by atoms with E-state index in [1.165, 1.54) is 11.3 Å². The van der Waals surface area contributed by atoms with Crippen molar-refractivity contribution in [2.24, 2.45) is 0 Å². The molecule has 12 heavy (non-hydrogen) atoms. The van der Waals surface area contributed by atoms with Gasteiger partial charge in [-0.1, -0.05) is 39.1 Å². The van der Waals surface area contributed by atoms with Crippen LogP contribution in [0.2, 0.25) is 9.36 Å². The fourth-order valence-corrected chi connectivity index (χ4v) is 3.36. The van der Waals surface area contributed by atoms with E-state index in [0.717, 1.165) is 23.9 Å². The van der Waals surface area contributed by atoms with Crippen LogP contribution in [0.15, 0.2) is 22.7 Å². The molecule has 0 aliphatic heterocycles.